The van der Waals surface area contributed by atoms with E-state index in [0.29, 0.717) is 26.1 Å². The second-order valence-electron chi connectivity index (χ2n) is 6.75. The number of carbonyl (C=O) groups is 1. The van der Waals surface area contributed by atoms with Crippen LogP contribution in [-0.4, -0.2) is 49.6 Å². The Morgan fingerprint density at radius 1 is 1.22 bits per heavy atom. The molecule has 1 saturated heterocycles. The van der Waals surface area contributed by atoms with Crippen LogP contribution in [0.5, 0.6) is 0 Å². The van der Waals surface area contributed by atoms with Crippen LogP contribution in [0.1, 0.15) is 24.8 Å². The van der Waals surface area contributed by atoms with E-state index in [1.165, 1.54) is 0 Å². The lowest BCUT2D eigenvalue weighted by Gasteiger charge is -2.26. The number of carbonyl (C=O) groups excluding carboxylic acids is 1. The van der Waals surface area contributed by atoms with Gasteiger partial charge >= 0.3 is 0 Å². The summed E-state index contributed by atoms with van der Waals surface area (Å²) >= 11 is 0. The number of likely N-dealkylation sites (tertiary alicyclic amines) is 1. The molecule has 1 unspecified atom stereocenters. The fourth-order valence-corrected chi connectivity index (χ4v) is 3.59. The lowest BCUT2D eigenvalue weighted by Crippen LogP contribution is -2.43. The Labute approximate surface area is 134 Å². The second-order valence-corrected chi connectivity index (χ2v) is 6.75. The number of rotatable bonds is 4. The van der Waals surface area contributed by atoms with Gasteiger partial charge in [0.05, 0.1) is 24.7 Å². The molecule has 0 bridgehead atoms. The number of hydrogen-bond acceptors (Lipinski definition) is 4. The Kier molecular flexibility index (Phi) is 3.23. The van der Waals surface area contributed by atoms with Crippen LogP contribution < -0.4 is 0 Å². The van der Waals surface area contributed by atoms with Crippen LogP contribution >= 0.6 is 0 Å². The van der Waals surface area contributed by atoms with E-state index >= 15 is 0 Å². The summed E-state index contributed by atoms with van der Waals surface area (Å²) in [4.78, 5) is 14.8. The lowest BCUT2D eigenvalue weighted by molar-refractivity contribution is -0.134. The van der Waals surface area contributed by atoms with Gasteiger partial charge in [-0.2, -0.15) is 0 Å². The van der Waals surface area contributed by atoms with Crippen LogP contribution in [0.2, 0.25) is 0 Å². The fourth-order valence-electron chi connectivity index (χ4n) is 3.59. The average molecular weight is 312 g/mol. The molecule has 1 aliphatic carbocycles. The molecule has 1 N–H and O–H groups in total. The standard InChI is InChI=1S/C17H20N4O2/c22-15(17(6-7-17)14-4-2-1-3-5-14)20-10-8-16(23,12-20)13-21-11-9-18-19-21/h1-5,9,11,23H,6-8,10,12-13H2. The zero-order valence-electron chi connectivity index (χ0n) is 12.9. The number of nitrogens with zero attached hydrogens (tertiary/aromatic N) is 4. The largest absolute Gasteiger partial charge is 0.386 e. The predicted molar refractivity (Wildman–Crippen MR) is 83.5 cm³/mol. The summed E-state index contributed by atoms with van der Waals surface area (Å²) in [7, 11) is 0. The zero-order chi connectivity index (χ0) is 15.9. The van der Waals surface area contributed by atoms with Gasteiger partial charge in [-0.25, -0.2) is 4.68 Å². The van der Waals surface area contributed by atoms with Gasteiger partial charge in [-0.3, -0.25) is 4.79 Å². The molecular formula is C17H20N4O2. The van der Waals surface area contributed by atoms with Crippen LogP contribution in [0, 0.1) is 0 Å². The quantitative estimate of drug-likeness (QED) is 0.913. The summed E-state index contributed by atoms with van der Waals surface area (Å²) in [5.74, 6) is 0.151. The molecule has 6 nitrogen and oxygen atoms in total. The van der Waals surface area contributed by atoms with E-state index in [-0.39, 0.29) is 11.3 Å². The smallest absolute Gasteiger partial charge is 0.233 e. The van der Waals surface area contributed by atoms with Gasteiger partial charge in [0.25, 0.3) is 0 Å². The molecular weight excluding hydrogens is 292 g/mol. The summed E-state index contributed by atoms with van der Waals surface area (Å²) in [5, 5.41) is 18.4. The van der Waals surface area contributed by atoms with Crippen molar-refractivity contribution >= 4 is 5.91 Å². The first kappa shape index (κ1) is 14.4. The van der Waals surface area contributed by atoms with Crippen molar-refractivity contribution in [3.63, 3.8) is 0 Å². The van der Waals surface area contributed by atoms with E-state index in [9.17, 15) is 9.90 Å². The van der Waals surface area contributed by atoms with Crippen molar-refractivity contribution < 1.29 is 9.90 Å². The van der Waals surface area contributed by atoms with Gasteiger partial charge in [0.2, 0.25) is 5.91 Å². The summed E-state index contributed by atoms with van der Waals surface area (Å²) in [6.45, 7) is 1.33. The first-order valence-electron chi connectivity index (χ1n) is 8.03. The number of hydrogen-bond donors (Lipinski definition) is 1. The Bertz CT molecular complexity index is 697. The number of β-amino-alcohol motifs (C(OH)–C–C–N with tert-alkyl or cyclic N) is 1. The van der Waals surface area contributed by atoms with Gasteiger partial charge in [0.1, 0.15) is 5.60 Å². The summed E-state index contributed by atoms with van der Waals surface area (Å²) < 4.78 is 1.62. The molecule has 2 fully saturated rings. The highest BCUT2D eigenvalue weighted by Gasteiger charge is 2.54. The van der Waals surface area contributed by atoms with Crippen molar-refractivity contribution in [3.8, 4) is 0 Å². The van der Waals surface area contributed by atoms with Crippen LogP contribution in [0.3, 0.4) is 0 Å². The Morgan fingerprint density at radius 2 is 2.00 bits per heavy atom. The highest BCUT2D eigenvalue weighted by atomic mass is 16.3. The minimum Gasteiger partial charge on any atom is -0.386 e. The molecule has 2 aromatic rings. The van der Waals surface area contributed by atoms with Crippen LogP contribution in [0.15, 0.2) is 42.7 Å². The third kappa shape index (κ3) is 2.53. The fraction of sp³-hybridized carbons (Fsp3) is 0.471. The molecule has 1 atom stereocenters. The number of benzene rings is 1. The maximum absolute atomic E-state index is 13.0. The first-order valence-corrected chi connectivity index (χ1v) is 8.03. The van der Waals surface area contributed by atoms with Crippen LogP contribution in [0.4, 0.5) is 0 Å². The molecule has 4 rings (SSSR count). The van der Waals surface area contributed by atoms with Gasteiger partial charge in [-0.05, 0) is 24.8 Å². The van der Waals surface area contributed by atoms with Crippen molar-refractivity contribution in [2.45, 2.75) is 36.8 Å². The van der Waals surface area contributed by atoms with Gasteiger partial charge < -0.3 is 10.0 Å². The SMILES string of the molecule is O=C(N1CCC(O)(Cn2ccnn2)C1)C1(c2ccccc2)CC1. The van der Waals surface area contributed by atoms with Crippen LogP contribution in [-0.2, 0) is 16.8 Å². The Hall–Kier alpha value is -2.21. The maximum Gasteiger partial charge on any atom is 0.233 e. The molecule has 1 amide bonds. The van der Waals surface area contributed by atoms with Gasteiger partial charge in [-0.15, -0.1) is 5.10 Å². The maximum atomic E-state index is 13.0. The highest BCUT2D eigenvalue weighted by molar-refractivity contribution is 5.91. The molecule has 120 valence electrons. The van der Waals surface area contributed by atoms with Gasteiger partial charge in [0.15, 0.2) is 0 Å². The number of amides is 1. The average Bonchev–Trinajstić information content (AvgIpc) is 3.06. The molecule has 1 aromatic heterocycles. The van der Waals surface area contributed by atoms with Crippen molar-refractivity contribution in [2.75, 3.05) is 13.1 Å². The van der Waals surface area contributed by atoms with E-state index in [4.69, 9.17) is 0 Å². The molecule has 2 heterocycles. The molecule has 1 aromatic carbocycles. The van der Waals surface area contributed by atoms with E-state index in [2.05, 4.69) is 10.3 Å². The normalized spacial score (nSPS) is 25.5. The highest BCUT2D eigenvalue weighted by Crippen LogP contribution is 2.50. The van der Waals surface area contributed by atoms with E-state index in [1.807, 2.05) is 35.2 Å². The van der Waals surface area contributed by atoms with Crippen molar-refractivity contribution in [1.82, 2.24) is 19.9 Å². The lowest BCUT2D eigenvalue weighted by atomic mass is 9.94. The monoisotopic (exact) mass is 312 g/mol. The third-order valence-corrected chi connectivity index (χ3v) is 5.03. The van der Waals surface area contributed by atoms with Crippen molar-refractivity contribution in [1.29, 1.82) is 0 Å². The molecule has 1 aliphatic heterocycles. The van der Waals surface area contributed by atoms with Crippen molar-refractivity contribution in [3.05, 3.63) is 48.3 Å². The Morgan fingerprint density at radius 3 is 2.65 bits per heavy atom. The Balaban J connectivity index is 1.48. The summed E-state index contributed by atoms with van der Waals surface area (Å²) in [6.07, 6.45) is 5.69. The van der Waals surface area contributed by atoms with E-state index in [1.54, 1.807) is 17.1 Å². The summed E-state index contributed by atoms with van der Waals surface area (Å²) in [5.41, 5.74) is -0.188. The molecule has 0 spiro atoms. The first-order chi connectivity index (χ1) is 11.1. The molecule has 2 aliphatic rings. The molecule has 23 heavy (non-hydrogen) atoms. The van der Waals surface area contributed by atoms with Crippen LogP contribution in [0.25, 0.3) is 0 Å². The second kappa shape index (κ2) is 5.16. The number of aromatic nitrogens is 3. The molecule has 1 saturated carbocycles. The number of aliphatic hydroxyl groups is 1. The molecule has 0 radical (unpaired) electrons. The van der Waals surface area contributed by atoms with E-state index in [0.717, 1.165) is 18.4 Å². The topological polar surface area (TPSA) is 71.2 Å². The minimum atomic E-state index is -0.921. The third-order valence-electron chi connectivity index (χ3n) is 5.03. The predicted octanol–water partition coefficient (Wildman–Crippen LogP) is 0.973. The van der Waals surface area contributed by atoms with Gasteiger partial charge in [-0.1, -0.05) is 35.5 Å². The minimum absolute atomic E-state index is 0.151. The van der Waals surface area contributed by atoms with E-state index < -0.39 is 5.60 Å². The van der Waals surface area contributed by atoms with Gasteiger partial charge in [0, 0.05) is 12.7 Å². The summed E-state index contributed by atoms with van der Waals surface area (Å²) in [6, 6.07) is 9.99. The zero-order valence-corrected chi connectivity index (χ0v) is 12.9. The molecule has 6 heteroatoms. The van der Waals surface area contributed by atoms with Crippen molar-refractivity contribution in [2.24, 2.45) is 0 Å².